The number of nitrogens with one attached hydrogen (secondary N) is 1. The number of rotatable bonds is 8. The molecule has 0 saturated heterocycles. The minimum absolute atomic E-state index is 0.198. The topological polar surface area (TPSA) is 94.9 Å². The van der Waals surface area contributed by atoms with E-state index >= 15 is 0 Å². The van der Waals surface area contributed by atoms with Gasteiger partial charge in [-0.3, -0.25) is 0 Å². The molecule has 0 aromatic carbocycles. The Morgan fingerprint density at radius 2 is 1.93 bits per heavy atom. The molecule has 8 nitrogen and oxygen atoms in total. The van der Waals surface area contributed by atoms with E-state index in [9.17, 15) is 0 Å². The Labute approximate surface area is 178 Å². The summed E-state index contributed by atoms with van der Waals surface area (Å²) in [7, 11) is 0. The molecular weight excluding hydrogens is 400 g/mol. The smallest absolute Gasteiger partial charge is 0.213 e. The van der Waals surface area contributed by atoms with Crippen molar-refractivity contribution < 1.29 is 9.47 Å². The molecule has 0 radical (unpaired) electrons. The van der Waals surface area contributed by atoms with Crippen LogP contribution in [0.3, 0.4) is 0 Å². The van der Waals surface area contributed by atoms with E-state index in [1.54, 1.807) is 23.9 Å². The molecule has 4 aromatic heterocycles. The third-order valence-corrected chi connectivity index (χ3v) is 5.77. The van der Waals surface area contributed by atoms with Crippen molar-refractivity contribution in [1.29, 1.82) is 0 Å². The quantitative estimate of drug-likeness (QED) is 0.423. The molecule has 9 heteroatoms. The number of hydrogen-bond donors (Lipinski definition) is 1. The Balaban J connectivity index is 1.45. The summed E-state index contributed by atoms with van der Waals surface area (Å²) in [5.74, 6) is 1.37. The molecule has 4 rings (SSSR count). The minimum Gasteiger partial charge on any atom is -0.475 e. The van der Waals surface area contributed by atoms with Crippen LogP contribution in [0.4, 0.5) is 5.82 Å². The van der Waals surface area contributed by atoms with Gasteiger partial charge in [-0.1, -0.05) is 6.07 Å². The van der Waals surface area contributed by atoms with Gasteiger partial charge in [-0.05, 0) is 38.8 Å². The summed E-state index contributed by atoms with van der Waals surface area (Å²) in [6.07, 6.45) is 3.58. The van der Waals surface area contributed by atoms with Crippen molar-refractivity contribution in [3.8, 4) is 5.88 Å². The largest absolute Gasteiger partial charge is 0.475 e. The second-order valence-electron chi connectivity index (χ2n) is 7.22. The van der Waals surface area contributed by atoms with Gasteiger partial charge in [0.15, 0.2) is 0 Å². The van der Waals surface area contributed by atoms with E-state index in [2.05, 4.69) is 37.4 Å². The lowest BCUT2D eigenvalue weighted by atomic mass is 10.1. The first kappa shape index (κ1) is 20.4. The van der Waals surface area contributed by atoms with Gasteiger partial charge in [0.2, 0.25) is 5.88 Å². The molecule has 4 heterocycles. The summed E-state index contributed by atoms with van der Waals surface area (Å²) in [4.78, 5) is 14.2. The zero-order valence-electron chi connectivity index (χ0n) is 17.5. The van der Waals surface area contributed by atoms with Gasteiger partial charge in [0.1, 0.15) is 23.6 Å². The molecule has 0 spiro atoms. The van der Waals surface area contributed by atoms with Gasteiger partial charge in [0.05, 0.1) is 28.6 Å². The summed E-state index contributed by atoms with van der Waals surface area (Å²) in [6.45, 7) is 9.63. The normalized spacial score (nSPS) is 11.5. The maximum absolute atomic E-state index is 5.60. The van der Waals surface area contributed by atoms with Gasteiger partial charge < -0.3 is 14.8 Å². The predicted molar refractivity (Wildman–Crippen MR) is 118 cm³/mol. The van der Waals surface area contributed by atoms with Crippen LogP contribution in [0.2, 0.25) is 0 Å². The zero-order chi connectivity index (χ0) is 21.1. The van der Waals surface area contributed by atoms with Crippen LogP contribution in [0.1, 0.15) is 30.7 Å². The molecular formula is C21H24N6O2S. The zero-order valence-corrected chi connectivity index (χ0v) is 18.3. The number of hydrogen-bond acceptors (Lipinski definition) is 9. The van der Waals surface area contributed by atoms with E-state index in [0.717, 1.165) is 43.1 Å². The average molecular weight is 425 g/mol. The van der Waals surface area contributed by atoms with Crippen molar-refractivity contribution in [3.05, 3.63) is 41.5 Å². The molecule has 0 amide bonds. The molecule has 1 N–H and O–H groups in total. The predicted octanol–water partition coefficient (Wildman–Crippen LogP) is 4.06. The van der Waals surface area contributed by atoms with Gasteiger partial charge in [-0.2, -0.15) is 5.10 Å². The fourth-order valence-electron chi connectivity index (χ4n) is 3.02. The SMILES string of the molecule is Cc1nnc2sc3c(NCc4ccc(OCCOC(C)C)nc4)ncnc3c2c1C. The van der Waals surface area contributed by atoms with E-state index < -0.39 is 0 Å². The molecule has 156 valence electrons. The van der Waals surface area contributed by atoms with Gasteiger partial charge >= 0.3 is 0 Å². The molecule has 30 heavy (non-hydrogen) atoms. The Morgan fingerprint density at radius 3 is 2.70 bits per heavy atom. The molecule has 4 aromatic rings. The molecule has 0 aliphatic heterocycles. The first-order valence-corrected chi connectivity index (χ1v) is 10.6. The van der Waals surface area contributed by atoms with Crippen molar-refractivity contribution in [2.24, 2.45) is 0 Å². The molecule has 0 atom stereocenters. The third kappa shape index (κ3) is 4.31. The summed E-state index contributed by atoms with van der Waals surface area (Å²) < 4.78 is 12.0. The number of aromatic nitrogens is 5. The van der Waals surface area contributed by atoms with E-state index in [0.29, 0.717) is 25.6 Å². The Morgan fingerprint density at radius 1 is 1.07 bits per heavy atom. The molecule has 0 aliphatic carbocycles. The van der Waals surface area contributed by atoms with Crippen LogP contribution in [0, 0.1) is 13.8 Å². The Bertz CT molecular complexity index is 1160. The van der Waals surface area contributed by atoms with Crippen LogP contribution in [0.5, 0.6) is 5.88 Å². The standard InChI is InChI=1S/C21H24N6O2S/c1-12(2)28-7-8-29-16-6-5-15(9-22-16)10-23-20-19-18(24-11-25-20)17-13(3)14(4)26-27-21(17)30-19/h5-6,9,11-12H,7-8,10H2,1-4H3,(H,23,24,25). The summed E-state index contributed by atoms with van der Waals surface area (Å²) in [6, 6.07) is 3.85. The number of fused-ring (bicyclic) bond motifs is 3. The third-order valence-electron chi connectivity index (χ3n) is 4.70. The number of aryl methyl sites for hydroxylation is 2. The lowest BCUT2D eigenvalue weighted by molar-refractivity contribution is 0.0542. The van der Waals surface area contributed by atoms with Crippen molar-refractivity contribution in [2.75, 3.05) is 18.5 Å². The molecule has 0 aliphatic rings. The van der Waals surface area contributed by atoms with Crippen molar-refractivity contribution >= 4 is 37.6 Å². The van der Waals surface area contributed by atoms with Crippen molar-refractivity contribution in [1.82, 2.24) is 25.1 Å². The number of pyridine rings is 1. The number of nitrogens with zero attached hydrogens (tertiary/aromatic N) is 5. The summed E-state index contributed by atoms with van der Waals surface area (Å²) in [5, 5.41) is 13.0. The second-order valence-corrected chi connectivity index (χ2v) is 8.22. The van der Waals surface area contributed by atoms with Crippen LogP contribution in [-0.4, -0.2) is 44.5 Å². The minimum atomic E-state index is 0.198. The van der Waals surface area contributed by atoms with Crippen LogP contribution >= 0.6 is 11.3 Å². The molecule has 0 saturated carbocycles. The summed E-state index contributed by atoms with van der Waals surface area (Å²) in [5.41, 5.74) is 3.96. The van der Waals surface area contributed by atoms with Crippen LogP contribution < -0.4 is 10.1 Å². The van der Waals surface area contributed by atoms with Crippen LogP contribution in [-0.2, 0) is 11.3 Å². The lowest BCUT2D eigenvalue weighted by Gasteiger charge is -2.09. The lowest BCUT2D eigenvalue weighted by Crippen LogP contribution is -2.11. The van der Waals surface area contributed by atoms with Gasteiger partial charge in [-0.15, -0.1) is 16.4 Å². The monoisotopic (exact) mass is 424 g/mol. The fourth-order valence-corrected chi connectivity index (χ4v) is 4.12. The van der Waals surface area contributed by atoms with E-state index in [1.165, 1.54) is 0 Å². The Hall–Kier alpha value is -2.91. The summed E-state index contributed by atoms with van der Waals surface area (Å²) >= 11 is 1.55. The van der Waals surface area contributed by atoms with Gasteiger partial charge in [0, 0.05) is 24.2 Å². The van der Waals surface area contributed by atoms with E-state index in [-0.39, 0.29) is 6.10 Å². The first-order valence-electron chi connectivity index (χ1n) is 9.83. The van der Waals surface area contributed by atoms with Crippen LogP contribution in [0.15, 0.2) is 24.7 Å². The highest BCUT2D eigenvalue weighted by molar-refractivity contribution is 7.25. The van der Waals surface area contributed by atoms with Crippen molar-refractivity contribution in [3.63, 3.8) is 0 Å². The van der Waals surface area contributed by atoms with E-state index in [4.69, 9.17) is 9.47 Å². The van der Waals surface area contributed by atoms with Crippen LogP contribution in [0.25, 0.3) is 20.4 Å². The Kier molecular flexibility index (Phi) is 6.01. The highest BCUT2D eigenvalue weighted by atomic mass is 32.1. The van der Waals surface area contributed by atoms with Gasteiger partial charge in [0.25, 0.3) is 0 Å². The number of ether oxygens (including phenoxy) is 2. The van der Waals surface area contributed by atoms with E-state index in [1.807, 2.05) is 32.9 Å². The molecule has 0 bridgehead atoms. The fraction of sp³-hybridized carbons (Fsp3) is 0.381. The number of anilines is 1. The average Bonchev–Trinajstić information content (AvgIpc) is 3.13. The first-order chi connectivity index (χ1) is 14.5. The maximum Gasteiger partial charge on any atom is 0.213 e. The molecule has 0 fully saturated rings. The van der Waals surface area contributed by atoms with Crippen molar-refractivity contribution in [2.45, 2.75) is 40.3 Å². The highest BCUT2D eigenvalue weighted by Crippen LogP contribution is 2.36. The maximum atomic E-state index is 5.60. The second kappa shape index (κ2) is 8.85. The number of thiophene rings is 1. The van der Waals surface area contributed by atoms with Gasteiger partial charge in [-0.25, -0.2) is 15.0 Å². The molecule has 0 unspecified atom stereocenters. The highest BCUT2D eigenvalue weighted by Gasteiger charge is 2.15.